The van der Waals surface area contributed by atoms with E-state index in [0.29, 0.717) is 11.1 Å². The molecule has 0 radical (unpaired) electrons. The number of thiophene rings is 1. The zero-order valence-corrected chi connectivity index (χ0v) is 8.07. The lowest BCUT2D eigenvalue weighted by Gasteiger charge is -1.92. The van der Waals surface area contributed by atoms with Crippen LogP contribution in [0.5, 0.6) is 0 Å². The van der Waals surface area contributed by atoms with E-state index in [4.69, 9.17) is 11.0 Å². The largest absolute Gasteiger partial charge is 0.397 e. The SMILES string of the molecule is N#CCc1sc2ccc(F)cc2c1N. The maximum atomic E-state index is 12.9. The molecule has 0 bridgehead atoms. The summed E-state index contributed by atoms with van der Waals surface area (Å²) in [5.74, 6) is -0.300. The van der Waals surface area contributed by atoms with Gasteiger partial charge < -0.3 is 5.73 Å². The number of nitrogens with zero attached hydrogens (tertiary/aromatic N) is 1. The van der Waals surface area contributed by atoms with E-state index in [1.54, 1.807) is 6.07 Å². The van der Waals surface area contributed by atoms with Gasteiger partial charge >= 0.3 is 0 Å². The van der Waals surface area contributed by atoms with Crippen molar-refractivity contribution in [3.05, 3.63) is 28.9 Å². The lowest BCUT2D eigenvalue weighted by molar-refractivity contribution is 0.630. The van der Waals surface area contributed by atoms with Gasteiger partial charge in [0.05, 0.1) is 18.2 Å². The highest BCUT2D eigenvalue weighted by Gasteiger charge is 2.09. The van der Waals surface area contributed by atoms with E-state index in [-0.39, 0.29) is 12.2 Å². The van der Waals surface area contributed by atoms with E-state index in [0.717, 1.165) is 9.58 Å². The van der Waals surface area contributed by atoms with Gasteiger partial charge in [-0.3, -0.25) is 0 Å². The van der Waals surface area contributed by atoms with Crippen LogP contribution in [0.4, 0.5) is 10.1 Å². The van der Waals surface area contributed by atoms with E-state index < -0.39 is 0 Å². The van der Waals surface area contributed by atoms with Crippen LogP contribution < -0.4 is 5.73 Å². The fourth-order valence-electron chi connectivity index (χ4n) is 1.34. The zero-order valence-electron chi connectivity index (χ0n) is 7.25. The van der Waals surface area contributed by atoms with Crippen molar-refractivity contribution >= 4 is 27.1 Å². The molecule has 0 saturated carbocycles. The summed E-state index contributed by atoms with van der Waals surface area (Å²) >= 11 is 1.44. The molecule has 0 spiro atoms. The summed E-state index contributed by atoms with van der Waals surface area (Å²) in [6.45, 7) is 0. The fourth-order valence-corrected chi connectivity index (χ4v) is 2.38. The molecule has 1 aromatic carbocycles. The molecule has 0 unspecified atom stereocenters. The van der Waals surface area contributed by atoms with E-state index in [1.807, 2.05) is 6.07 Å². The molecule has 2 N–H and O–H groups in total. The van der Waals surface area contributed by atoms with E-state index in [9.17, 15) is 4.39 Å². The van der Waals surface area contributed by atoms with Gasteiger partial charge in [-0.2, -0.15) is 5.26 Å². The Hall–Kier alpha value is -1.60. The third kappa shape index (κ3) is 1.32. The predicted octanol–water partition coefficient (Wildman–Crippen LogP) is 2.69. The summed E-state index contributed by atoms with van der Waals surface area (Å²) in [4.78, 5) is 0.813. The first-order chi connectivity index (χ1) is 6.72. The second-order valence-electron chi connectivity index (χ2n) is 2.91. The van der Waals surface area contributed by atoms with Crippen molar-refractivity contribution < 1.29 is 4.39 Å². The van der Waals surface area contributed by atoms with Gasteiger partial charge in [-0.1, -0.05) is 0 Å². The molecule has 0 amide bonds. The zero-order chi connectivity index (χ0) is 10.1. The smallest absolute Gasteiger partial charge is 0.123 e. The fraction of sp³-hybridized carbons (Fsp3) is 0.100. The number of nitrogen functional groups attached to an aromatic ring is 1. The molecule has 4 heteroatoms. The van der Waals surface area contributed by atoms with Gasteiger partial charge in [-0.25, -0.2) is 4.39 Å². The van der Waals surface area contributed by atoms with Gasteiger partial charge in [0, 0.05) is 15.0 Å². The Labute approximate surface area is 84.4 Å². The van der Waals surface area contributed by atoms with Crippen molar-refractivity contribution in [2.45, 2.75) is 6.42 Å². The highest BCUT2D eigenvalue weighted by Crippen LogP contribution is 2.34. The third-order valence-electron chi connectivity index (χ3n) is 2.00. The number of fused-ring (bicyclic) bond motifs is 1. The van der Waals surface area contributed by atoms with Crippen LogP contribution in [0.3, 0.4) is 0 Å². The molecule has 2 rings (SSSR count). The molecule has 70 valence electrons. The van der Waals surface area contributed by atoms with Crippen molar-refractivity contribution in [1.82, 2.24) is 0 Å². The van der Waals surface area contributed by atoms with Crippen LogP contribution in [-0.4, -0.2) is 0 Å². The summed E-state index contributed by atoms with van der Waals surface area (Å²) in [6.07, 6.45) is 0.285. The lowest BCUT2D eigenvalue weighted by atomic mass is 10.2. The minimum Gasteiger partial charge on any atom is -0.397 e. The first-order valence-electron chi connectivity index (χ1n) is 4.05. The summed E-state index contributed by atoms with van der Waals surface area (Å²) in [5.41, 5.74) is 6.32. The van der Waals surface area contributed by atoms with Crippen LogP contribution in [0.15, 0.2) is 18.2 Å². The Kier molecular flexibility index (Phi) is 2.10. The number of nitriles is 1. The van der Waals surface area contributed by atoms with Gasteiger partial charge in [-0.05, 0) is 18.2 Å². The maximum absolute atomic E-state index is 12.9. The Balaban J connectivity index is 2.69. The normalized spacial score (nSPS) is 10.3. The van der Waals surface area contributed by atoms with E-state index in [1.165, 1.54) is 23.5 Å². The molecule has 2 aromatic rings. The first kappa shape index (κ1) is 8.97. The maximum Gasteiger partial charge on any atom is 0.123 e. The van der Waals surface area contributed by atoms with E-state index in [2.05, 4.69) is 0 Å². The monoisotopic (exact) mass is 206 g/mol. The van der Waals surface area contributed by atoms with Gasteiger partial charge in [0.15, 0.2) is 0 Å². The number of benzene rings is 1. The molecule has 0 atom stereocenters. The van der Waals surface area contributed by atoms with Crippen LogP contribution in [0.2, 0.25) is 0 Å². The Morgan fingerprint density at radius 1 is 1.50 bits per heavy atom. The summed E-state index contributed by atoms with van der Waals surface area (Å²) < 4.78 is 13.8. The highest BCUT2D eigenvalue weighted by molar-refractivity contribution is 7.19. The van der Waals surface area contributed by atoms with Crippen molar-refractivity contribution in [3.8, 4) is 6.07 Å². The van der Waals surface area contributed by atoms with Crippen LogP contribution in [0.25, 0.3) is 10.1 Å². The Bertz CT molecular complexity index is 525. The lowest BCUT2D eigenvalue weighted by Crippen LogP contribution is -1.87. The van der Waals surface area contributed by atoms with Gasteiger partial charge in [0.1, 0.15) is 5.82 Å². The van der Waals surface area contributed by atoms with Crippen molar-refractivity contribution in [3.63, 3.8) is 0 Å². The summed E-state index contributed by atoms with van der Waals surface area (Å²) in [6, 6.07) is 6.53. The van der Waals surface area contributed by atoms with Crippen LogP contribution in [-0.2, 0) is 6.42 Å². The third-order valence-corrected chi connectivity index (χ3v) is 3.19. The molecular formula is C10H7FN2S. The predicted molar refractivity (Wildman–Crippen MR) is 55.5 cm³/mol. The number of anilines is 1. The molecular weight excluding hydrogens is 199 g/mol. The molecule has 1 heterocycles. The van der Waals surface area contributed by atoms with Gasteiger partial charge in [0.25, 0.3) is 0 Å². The molecule has 0 fully saturated rings. The number of hydrogen-bond donors (Lipinski definition) is 1. The second kappa shape index (κ2) is 3.28. The molecule has 0 saturated heterocycles. The number of hydrogen-bond acceptors (Lipinski definition) is 3. The van der Waals surface area contributed by atoms with Crippen molar-refractivity contribution in [1.29, 1.82) is 5.26 Å². The molecule has 14 heavy (non-hydrogen) atoms. The van der Waals surface area contributed by atoms with Gasteiger partial charge in [0.2, 0.25) is 0 Å². The number of halogens is 1. The first-order valence-corrected chi connectivity index (χ1v) is 4.87. The summed E-state index contributed by atoms with van der Waals surface area (Å²) in [7, 11) is 0. The van der Waals surface area contributed by atoms with Crippen molar-refractivity contribution in [2.75, 3.05) is 5.73 Å². The van der Waals surface area contributed by atoms with Crippen LogP contribution in [0, 0.1) is 17.1 Å². The Morgan fingerprint density at radius 3 is 3.00 bits per heavy atom. The topological polar surface area (TPSA) is 49.8 Å². The molecule has 1 aromatic heterocycles. The minimum absolute atomic E-state index is 0.285. The molecule has 0 aliphatic heterocycles. The number of rotatable bonds is 1. The van der Waals surface area contributed by atoms with Gasteiger partial charge in [-0.15, -0.1) is 11.3 Å². The minimum atomic E-state index is -0.300. The molecule has 0 aliphatic rings. The molecule has 2 nitrogen and oxygen atoms in total. The van der Waals surface area contributed by atoms with Crippen LogP contribution >= 0.6 is 11.3 Å². The number of nitrogens with two attached hydrogens (primary N) is 1. The highest BCUT2D eigenvalue weighted by atomic mass is 32.1. The standard InChI is InChI=1S/C10H7FN2S/c11-6-1-2-8-7(5-6)10(13)9(14-8)3-4-12/h1-2,5H,3,13H2. The average Bonchev–Trinajstić information content (AvgIpc) is 2.46. The quantitative estimate of drug-likeness (QED) is 0.779. The Morgan fingerprint density at radius 2 is 2.29 bits per heavy atom. The second-order valence-corrected chi connectivity index (χ2v) is 4.05. The summed E-state index contributed by atoms with van der Waals surface area (Å²) in [5, 5.41) is 9.26. The van der Waals surface area contributed by atoms with Crippen LogP contribution in [0.1, 0.15) is 4.88 Å². The van der Waals surface area contributed by atoms with Crippen molar-refractivity contribution in [2.24, 2.45) is 0 Å². The van der Waals surface area contributed by atoms with E-state index >= 15 is 0 Å². The molecule has 0 aliphatic carbocycles. The average molecular weight is 206 g/mol.